The number of nitrogens with one attached hydrogen (secondary N) is 1. The third kappa shape index (κ3) is 4.91. The fourth-order valence-corrected chi connectivity index (χ4v) is 4.01. The van der Waals surface area contributed by atoms with E-state index in [0.29, 0.717) is 11.3 Å². The Hall–Kier alpha value is -3.39. The molecular weight excluding hydrogens is 406 g/mol. The second-order valence-electron chi connectivity index (χ2n) is 7.93. The van der Waals surface area contributed by atoms with Crippen molar-refractivity contribution in [3.05, 3.63) is 71.3 Å². The molecule has 1 amide bonds. The van der Waals surface area contributed by atoms with E-state index in [4.69, 9.17) is 9.47 Å². The van der Waals surface area contributed by atoms with Crippen LogP contribution in [0.5, 0.6) is 11.5 Å². The molecule has 0 fully saturated rings. The van der Waals surface area contributed by atoms with Crippen molar-refractivity contribution < 1.29 is 14.3 Å². The van der Waals surface area contributed by atoms with Crippen molar-refractivity contribution in [2.24, 2.45) is 0 Å². The fourth-order valence-electron chi connectivity index (χ4n) is 4.01. The van der Waals surface area contributed by atoms with Gasteiger partial charge in [-0.25, -0.2) is 0 Å². The maximum Gasteiger partial charge on any atom is 0.251 e. The minimum absolute atomic E-state index is 0.165. The SMILES string of the molecule is COc1cccc(CN2CCc3nnc([C@H](C)NC(=O)c4cccc(OC)c4)n3CC2)c1. The predicted molar refractivity (Wildman–Crippen MR) is 121 cm³/mol. The quantitative estimate of drug-likeness (QED) is 0.615. The predicted octanol–water partition coefficient (Wildman–Crippen LogP) is 2.84. The summed E-state index contributed by atoms with van der Waals surface area (Å²) in [7, 11) is 3.27. The lowest BCUT2D eigenvalue weighted by molar-refractivity contribution is 0.0937. The molecule has 0 saturated heterocycles. The first-order valence-corrected chi connectivity index (χ1v) is 10.8. The number of benzene rings is 2. The van der Waals surface area contributed by atoms with Crippen LogP contribution in [0.4, 0.5) is 0 Å². The average Bonchev–Trinajstić information content (AvgIpc) is 3.13. The summed E-state index contributed by atoms with van der Waals surface area (Å²) in [5, 5.41) is 11.8. The lowest BCUT2D eigenvalue weighted by Gasteiger charge is -2.20. The summed E-state index contributed by atoms with van der Waals surface area (Å²) in [4.78, 5) is 15.1. The highest BCUT2D eigenvalue weighted by Crippen LogP contribution is 2.19. The van der Waals surface area contributed by atoms with Gasteiger partial charge in [-0.2, -0.15) is 0 Å². The largest absolute Gasteiger partial charge is 0.497 e. The number of amides is 1. The number of hydrogen-bond acceptors (Lipinski definition) is 6. The molecule has 8 heteroatoms. The monoisotopic (exact) mass is 435 g/mol. The van der Waals surface area contributed by atoms with Crippen LogP contribution in [0.2, 0.25) is 0 Å². The molecule has 1 N–H and O–H groups in total. The van der Waals surface area contributed by atoms with Gasteiger partial charge in [-0.05, 0) is 42.8 Å². The molecule has 0 spiro atoms. The van der Waals surface area contributed by atoms with Gasteiger partial charge in [0.15, 0.2) is 5.82 Å². The van der Waals surface area contributed by atoms with Crippen molar-refractivity contribution >= 4 is 5.91 Å². The maximum atomic E-state index is 12.7. The first-order chi connectivity index (χ1) is 15.6. The van der Waals surface area contributed by atoms with Crippen LogP contribution in [0.3, 0.4) is 0 Å². The van der Waals surface area contributed by atoms with E-state index in [1.807, 2.05) is 25.1 Å². The van der Waals surface area contributed by atoms with E-state index in [1.165, 1.54) is 5.56 Å². The third-order valence-corrected chi connectivity index (χ3v) is 5.75. The summed E-state index contributed by atoms with van der Waals surface area (Å²) in [5.41, 5.74) is 1.78. The Balaban J connectivity index is 1.41. The minimum atomic E-state index is -0.264. The zero-order valence-electron chi connectivity index (χ0n) is 18.7. The number of aromatic nitrogens is 3. The first-order valence-electron chi connectivity index (χ1n) is 10.8. The van der Waals surface area contributed by atoms with Gasteiger partial charge in [0, 0.05) is 38.2 Å². The summed E-state index contributed by atoms with van der Waals surface area (Å²) in [6, 6.07) is 15.0. The number of ether oxygens (including phenoxy) is 2. The van der Waals surface area contributed by atoms with Gasteiger partial charge in [0.05, 0.1) is 20.3 Å². The van der Waals surface area contributed by atoms with E-state index in [1.54, 1.807) is 32.4 Å². The molecule has 0 unspecified atom stereocenters. The smallest absolute Gasteiger partial charge is 0.251 e. The van der Waals surface area contributed by atoms with Crippen LogP contribution < -0.4 is 14.8 Å². The second kappa shape index (κ2) is 9.82. The Labute approximate surface area is 188 Å². The molecule has 4 rings (SSSR count). The molecule has 0 saturated carbocycles. The number of nitrogens with zero attached hydrogens (tertiary/aromatic N) is 4. The van der Waals surface area contributed by atoms with Crippen molar-refractivity contribution in [1.82, 2.24) is 25.0 Å². The van der Waals surface area contributed by atoms with Crippen LogP contribution in [0, 0.1) is 0 Å². The first kappa shape index (κ1) is 21.8. The molecular formula is C24H29N5O3. The van der Waals surface area contributed by atoms with E-state index in [-0.39, 0.29) is 11.9 Å². The van der Waals surface area contributed by atoms with Crippen molar-refractivity contribution in [2.45, 2.75) is 32.5 Å². The number of methoxy groups -OCH3 is 2. The van der Waals surface area contributed by atoms with Crippen LogP contribution in [-0.4, -0.2) is 52.9 Å². The molecule has 8 nitrogen and oxygen atoms in total. The zero-order chi connectivity index (χ0) is 22.5. The maximum absolute atomic E-state index is 12.7. The summed E-state index contributed by atoms with van der Waals surface area (Å²) in [5.74, 6) is 3.09. The standard InChI is InChI=1S/C24H29N5O3/c1-17(25-24(30)19-7-5-9-21(15-19)32-3)23-27-26-22-10-11-28(12-13-29(22)23)16-18-6-4-8-20(14-18)31-2/h4-9,14-15,17H,10-13,16H2,1-3H3,(H,25,30)/t17-/m0/s1. The second-order valence-corrected chi connectivity index (χ2v) is 7.93. The molecule has 0 aliphatic carbocycles. The molecule has 0 radical (unpaired) electrons. The average molecular weight is 436 g/mol. The molecule has 3 aromatic rings. The molecule has 2 aromatic carbocycles. The van der Waals surface area contributed by atoms with Gasteiger partial charge in [-0.1, -0.05) is 18.2 Å². The summed E-state index contributed by atoms with van der Waals surface area (Å²) < 4.78 is 12.7. The Bertz CT molecular complexity index is 1080. The van der Waals surface area contributed by atoms with E-state index >= 15 is 0 Å². The normalized spacial score (nSPS) is 14.8. The lowest BCUT2D eigenvalue weighted by Crippen LogP contribution is -2.30. The van der Waals surface area contributed by atoms with Crippen LogP contribution >= 0.6 is 0 Å². The van der Waals surface area contributed by atoms with Gasteiger partial charge in [-0.15, -0.1) is 10.2 Å². The summed E-state index contributed by atoms with van der Waals surface area (Å²) in [6.45, 7) is 5.36. The number of hydrogen-bond donors (Lipinski definition) is 1. The minimum Gasteiger partial charge on any atom is -0.497 e. The molecule has 0 bridgehead atoms. The number of carbonyl (C=O) groups excluding carboxylic acids is 1. The Kier molecular flexibility index (Phi) is 6.70. The van der Waals surface area contributed by atoms with Gasteiger partial charge in [0.2, 0.25) is 0 Å². The van der Waals surface area contributed by atoms with E-state index in [2.05, 4.69) is 37.1 Å². The van der Waals surface area contributed by atoms with Crippen LogP contribution in [-0.2, 0) is 19.5 Å². The molecule has 1 aliphatic rings. The van der Waals surface area contributed by atoms with Gasteiger partial charge in [0.25, 0.3) is 5.91 Å². The highest BCUT2D eigenvalue weighted by Gasteiger charge is 2.23. The van der Waals surface area contributed by atoms with Crippen molar-refractivity contribution in [2.75, 3.05) is 27.3 Å². The van der Waals surface area contributed by atoms with Crippen LogP contribution in [0.25, 0.3) is 0 Å². The van der Waals surface area contributed by atoms with Crippen LogP contribution in [0.15, 0.2) is 48.5 Å². The molecule has 1 atom stereocenters. The topological polar surface area (TPSA) is 81.5 Å². The van der Waals surface area contributed by atoms with Crippen LogP contribution in [0.1, 0.15) is 40.5 Å². The molecule has 32 heavy (non-hydrogen) atoms. The van der Waals surface area contributed by atoms with E-state index in [0.717, 1.165) is 50.0 Å². The van der Waals surface area contributed by atoms with Crippen molar-refractivity contribution in [3.8, 4) is 11.5 Å². The highest BCUT2D eigenvalue weighted by molar-refractivity contribution is 5.94. The molecule has 2 heterocycles. The third-order valence-electron chi connectivity index (χ3n) is 5.75. The molecule has 1 aromatic heterocycles. The number of fused-ring (bicyclic) bond motifs is 1. The molecule has 1 aliphatic heterocycles. The van der Waals surface area contributed by atoms with E-state index < -0.39 is 0 Å². The highest BCUT2D eigenvalue weighted by atomic mass is 16.5. The van der Waals surface area contributed by atoms with Crippen molar-refractivity contribution in [1.29, 1.82) is 0 Å². The van der Waals surface area contributed by atoms with Gasteiger partial charge in [0.1, 0.15) is 17.3 Å². The Morgan fingerprint density at radius 2 is 1.78 bits per heavy atom. The van der Waals surface area contributed by atoms with Gasteiger partial charge in [-0.3, -0.25) is 9.69 Å². The Morgan fingerprint density at radius 3 is 2.56 bits per heavy atom. The Morgan fingerprint density at radius 1 is 1.03 bits per heavy atom. The van der Waals surface area contributed by atoms with Gasteiger partial charge >= 0.3 is 0 Å². The van der Waals surface area contributed by atoms with E-state index in [9.17, 15) is 4.79 Å². The molecule has 168 valence electrons. The van der Waals surface area contributed by atoms with Crippen molar-refractivity contribution in [3.63, 3.8) is 0 Å². The zero-order valence-corrected chi connectivity index (χ0v) is 18.7. The number of rotatable bonds is 7. The fraction of sp³-hybridized carbons (Fsp3) is 0.375. The van der Waals surface area contributed by atoms with Gasteiger partial charge < -0.3 is 19.4 Å². The summed E-state index contributed by atoms with van der Waals surface area (Å²) >= 11 is 0. The number of carbonyl (C=O) groups is 1. The lowest BCUT2D eigenvalue weighted by atomic mass is 10.2. The summed E-state index contributed by atoms with van der Waals surface area (Å²) in [6.07, 6.45) is 0.813.